The van der Waals surface area contributed by atoms with E-state index in [1.165, 1.54) is 49.8 Å². The molecule has 21 heavy (non-hydrogen) atoms. The van der Waals surface area contributed by atoms with Gasteiger partial charge in [0.2, 0.25) is 0 Å². The van der Waals surface area contributed by atoms with E-state index < -0.39 is 0 Å². The van der Waals surface area contributed by atoms with Gasteiger partial charge in [0, 0.05) is 12.6 Å². The predicted octanol–water partition coefficient (Wildman–Crippen LogP) is 3.99. The van der Waals surface area contributed by atoms with E-state index in [1.54, 1.807) is 0 Å². The molecule has 0 radical (unpaired) electrons. The summed E-state index contributed by atoms with van der Waals surface area (Å²) in [5.41, 5.74) is 2.92. The maximum Gasteiger partial charge on any atom is 0.0236 e. The number of nitrogens with one attached hydrogen (secondary N) is 1. The van der Waals surface area contributed by atoms with Gasteiger partial charge in [0.15, 0.2) is 0 Å². The second kappa shape index (κ2) is 9.22. The van der Waals surface area contributed by atoms with Gasteiger partial charge in [-0.15, -0.1) is 0 Å². The first-order valence-electron chi connectivity index (χ1n) is 8.86. The van der Waals surface area contributed by atoms with Crippen molar-refractivity contribution in [2.24, 2.45) is 0 Å². The average molecular weight is 288 g/mol. The summed E-state index contributed by atoms with van der Waals surface area (Å²) in [4.78, 5) is 2.66. The molecule has 2 heteroatoms. The predicted molar refractivity (Wildman–Crippen MR) is 91.6 cm³/mol. The summed E-state index contributed by atoms with van der Waals surface area (Å²) in [5, 5.41) is 3.47. The Hall–Kier alpha value is -0.860. The van der Waals surface area contributed by atoms with Crippen LogP contribution in [0.25, 0.3) is 0 Å². The molecule has 0 heterocycles. The zero-order chi connectivity index (χ0) is 14.9. The summed E-state index contributed by atoms with van der Waals surface area (Å²) in [6, 6.07) is 10.1. The fourth-order valence-electron chi connectivity index (χ4n) is 3.35. The Morgan fingerprint density at radius 3 is 2.29 bits per heavy atom. The van der Waals surface area contributed by atoms with Crippen LogP contribution in [-0.4, -0.2) is 30.6 Å². The molecule has 0 aliphatic heterocycles. The molecule has 0 aromatic heterocycles. The monoisotopic (exact) mass is 288 g/mol. The maximum absolute atomic E-state index is 3.47. The molecule has 1 aromatic rings. The summed E-state index contributed by atoms with van der Waals surface area (Å²) < 4.78 is 0. The third-order valence-corrected chi connectivity index (χ3v) is 4.67. The lowest BCUT2D eigenvalue weighted by Gasteiger charge is -2.27. The van der Waals surface area contributed by atoms with Crippen molar-refractivity contribution in [2.45, 2.75) is 65.0 Å². The first-order valence-corrected chi connectivity index (χ1v) is 8.86. The van der Waals surface area contributed by atoms with Crippen LogP contribution in [-0.2, 0) is 13.0 Å². The Kier molecular flexibility index (Phi) is 7.25. The van der Waals surface area contributed by atoms with Crippen LogP contribution in [0.1, 0.15) is 57.1 Å². The highest BCUT2D eigenvalue weighted by Gasteiger charge is 2.21. The number of hydrogen-bond donors (Lipinski definition) is 1. The van der Waals surface area contributed by atoms with Crippen molar-refractivity contribution in [1.29, 1.82) is 0 Å². The largest absolute Gasteiger partial charge is 0.316 e. The minimum absolute atomic E-state index is 0.827. The van der Waals surface area contributed by atoms with Crippen LogP contribution in [0.15, 0.2) is 24.3 Å². The summed E-state index contributed by atoms with van der Waals surface area (Å²) in [6.07, 6.45) is 7.99. The van der Waals surface area contributed by atoms with Crippen molar-refractivity contribution in [2.75, 3.05) is 19.6 Å². The van der Waals surface area contributed by atoms with Crippen molar-refractivity contribution in [3.63, 3.8) is 0 Å². The molecule has 1 fully saturated rings. The van der Waals surface area contributed by atoms with E-state index in [1.807, 2.05) is 0 Å². The standard InChI is InChI=1S/C19H32N2/c1-3-14-20-15-13-17-9-11-18(12-10-17)16-21(4-2)19-7-5-6-8-19/h9-12,19-20H,3-8,13-16H2,1-2H3. The molecule has 0 spiro atoms. The highest BCUT2D eigenvalue weighted by Crippen LogP contribution is 2.24. The van der Waals surface area contributed by atoms with Gasteiger partial charge < -0.3 is 5.32 Å². The first-order chi connectivity index (χ1) is 10.3. The summed E-state index contributed by atoms with van der Waals surface area (Å²) in [6.45, 7) is 9.03. The van der Waals surface area contributed by atoms with Crippen molar-refractivity contribution >= 4 is 0 Å². The zero-order valence-corrected chi connectivity index (χ0v) is 13.9. The van der Waals surface area contributed by atoms with Gasteiger partial charge in [0.05, 0.1) is 0 Å². The topological polar surface area (TPSA) is 15.3 Å². The van der Waals surface area contributed by atoms with Crippen LogP contribution in [0.5, 0.6) is 0 Å². The van der Waals surface area contributed by atoms with Crippen LogP contribution in [0.3, 0.4) is 0 Å². The molecule has 118 valence electrons. The second-order valence-corrected chi connectivity index (χ2v) is 6.32. The van der Waals surface area contributed by atoms with Gasteiger partial charge in [-0.2, -0.15) is 0 Å². The van der Waals surface area contributed by atoms with Crippen molar-refractivity contribution in [1.82, 2.24) is 10.2 Å². The summed E-state index contributed by atoms with van der Waals surface area (Å²) in [7, 11) is 0. The fraction of sp³-hybridized carbons (Fsp3) is 0.684. The van der Waals surface area contributed by atoms with E-state index in [0.717, 1.165) is 32.1 Å². The average Bonchev–Trinajstić information content (AvgIpc) is 3.05. The van der Waals surface area contributed by atoms with Crippen molar-refractivity contribution in [3.05, 3.63) is 35.4 Å². The lowest BCUT2D eigenvalue weighted by Crippen LogP contribution is -2.32. The zero-order valence-electron chi connectivity index (χ0n) is 13.9. The molecule has 1 aliphatic carbocycles. The molecule has 0 atom stereocenters. The van der Waals surface area contributed by atoms with E-state index in [0.29, 0.717) is 0 Å². The van der Waals surface area contributed by atoms with Crippen LogP contribution >= 0.6 is 0 Å². The molecular weight excluding hydrogens is 256 g/mol. The lowest BCUT2D eigenvalue weighted by atomic mass is 10.1. The third kappa shape index (κ3) is 5.44. The second-order valence-electron chi connectivity index (χ2n) is 6.32. The number of nitrogens with zero attached hydrogens (tertiary/aromatic N) is 1. The Morgan fingerprint density at radius 2 is 1.67 bits per heavy atom. The normalized spacial score (nSPS) is 16.0. The lowest BCUT2D eigenvalue weighted by molar-refractivity contribution is 0.200. The molecule has 0 amide bonds. The number of benzene rings is 1. The molecule has 2 rings (SSSR count). The van der Waals surface area contributed by atoms with Gasteiger partial charge in [-0.1, -0.05) is 51.0 Å². The number of rotatable bonds is 9. The number of hydrogen-bond acceptors (Lipinski definition) is 2. The van der Waals surface area contributed by atoms with E-state index in [4.69, 9.17) is 0 Å². The summed E-state index contributed by atoms with van der Waals surface area (Å²) >= 11 is 0. The van der Waals surface area contributed by atoms with E-state index in [-0.39, 0.29) is 0 Å². The van der Waals surface area contributed by atoms with Gasteiger partial charge in [-0.05, 0) is 56.4 Å². The molecule has 1 aromatic carbocycles. The Morgan fingerprint density at radius 1 is 1.00 bits per heavy atom. The Labute approximate surface area is 130 Å². The van der Waals surface area contributed by atoms with E-state index in [2.05, 4.69) is 48.3 Å². The molecule has 1 aliphatic rings. The van der Waals surface area contributed by atoms with Crippen molar-refractivity contribution in [3.8, 4) is 0 Å². The summed E-state index contributed by atoms with van der Waals surface area (Å²) in [5.74, 6) is 0. The molecule has 2 nitrogen and oxygen atoms in total. The van der Waals surface area contributed by atoms with Crippen LogP contribution in [0.4, 0.5) is 0 Å². The molecule has 1 N–H and O–H groups in total. The van der Waals surface area contributed by atoms with E-state index in [9.17, 15) is 0 Å². The highest BCUT2D eigenvalue weighted by molar-refractivity contribution is 5.22. The molecule has 0 bridgehead atoms. The maximum atomic E-state index is 3.47. The van der Waals surface area contributed by atoms with E-state index >= 15 is 0 Å². The van der Waals surface area contributed by atoms with Crippen LogP contribution in [0.2, 0.25) is 0 Å². The third-order valence-electron chi connectivity index (χ3n) is 4.67. The Bertz CT molecular complexity index is 379. The first kappa shape index (κ1) is 16.5. The Balaban J connectivity index is 1.80. The molecular formula is C19H32N2. The van der Waals surface area contributed by atoms with Crippen LogP contribution in [0, 0.1) is 0 Å². The fourth-order valence-corrected chi connectivity index (χ4v) is 3.35. The smallest absolute Gasteiger partial charge is 0.0236 e. The van der Waals surface area contributed by atoms with Gasteiger partial charge in [-0.3, -0.25) is 4.90 Å². The van der Waals surface area contributed by atoms with Crippen molar-refractivity contribution < 1.29 is 0 Å². The van der Waals surface area contributed by atoms with Gasteiger partial charge in [-0.25, -0.2) is 0 Å². The van der Waals surface area contributed by atoms with Gasteiger partial charge in [0.1, 0.15) is 0 Å². The quantitative estimate of drug-likeness (QED) is 0.691. The van der Waals surface area contributed by atoms with Gasteiger partial charge in [0.25, 0.3) is 0 Å². The molecule has 0 saturated heterocycles. The minimum Gasteiger partial charge on any atom is -0.316 e. The minimum atomic E-state index is 0.827. The van der Waals surface area contributed by atoms with Gasteiger partial charge >= 0.3 is 0 Å². The highest BCUT2D eigenvalue weighted by atomic mass is 15.1. The molecule has 1 saturated carbocycles. The van der Waals surface area contributed by atoms with Crippen LogP contribution < -0.4 is 5.32 Å². The SMILES string of the molecule is CCCNCCc1ccc(CN(CC)C2CCCC2)cc1. The molecule has 0 unspecified atom stereocenters.